The van der Waals surface area contributed by atoms with Gasteiger partial charge in [-0.1, -0.05) is 5.16 Å². The van der Waals surface area contributed by atoms with Crippen molar-refractivity contribution in [1.29, 1.82) is 0 Å². The number of hydrogen-bond acceptors (Lipinski definition) is 4. The molecule has 0 fully saturated rings. The Bertz CT molecular complexity index is 367. The Balaban J connectivity index is 2.15. The van der Waals surface area contributed by atoms with Gasteiger partial charge < -0.3 is 15.8 Å². The molecule has 96 valence electrons. The fraction of sp³-hybridized carbons (Fsp3) is 0.545. The van der Waals surface area contributed by atoms with Crippen LogP contribution >= 0.6 is 27.3 Å². The minimum Gasteiger partial charge on any atom is -0.409 e. The Morgan fingerprint density at radius 2 is 2.35 bits per heavy atom. The minimum atomic E-state index is 0.315. The number of thiophene rings is 1. The van der Waals surface area contributed by atoms with E-state index < -0.39 is 0 Å². The van der Waals surface area contributed by atoms with Crippen LogP contribution in [0.15, 0.2) is 21.1 Å². The molecule has 0 saturated carbocycles. The summed E-state index contributed by atoms with van der Waals surface area (Å²) in [5, 5.41) is 13.4. The topological polar surface area (TPSA) is 61.8 Å². The maximum absolute atomic E-state index is 8.39. The summed E-state index contributed by atoms with van der Waals surface area (Å²) in [6, 6.07) is 2.15. The monoisotopic (exact) mass is 319 g/mol. The molecule has 0 radical (unpaired) electrons. The SMILES string of the molecule is CN(CCCC/C(N)=N/O)Cc1cc(Br)cs1. The van der Waals surface area contributed by atoms with E-state index in [9.17, 15) is 0 Å². The molecule has 3 N–H and O–H groups in total. The van der Waals surface area contributed by atoms with Crippen molar-refractivity contribution in [2.45, 2.75) is 25.8 Å². The van der Waals surface area contributed by atoms with Crippen LogP contribution < -0.4 is 5.73 Å². The third-order valence-electron chi connectivity index (χ3n) is 2.40. The molecule has 0 spiro atoms. The fourth-order valence-corrected chi connectivity index (χ4v) is 3.05. The Morgan fingerprint density at radius 3 is 2.94 bits per heavy atom. The smallest absolute Gasteiger partial charge is 0.139 e. The molecule has 17 heavy (non-hydrogen) atoms. The van der Waals surface area contributed by atoms with E-state index in [1.54, 1.807) is 11.3 Å². The summed E-state index contributed by atoms with van der Waals surface area (Å²) in [6.45, 7) is 1.99. The number of halogens is 1. The molecule has 0 unspecified atom stereocenters. The molecular formula is C11H18BrN3OS. The lowest BCUT2D eigenvalue weighted by atomic mass is 10.2. The lowest BCUT2D eigenvalue weighted by Gasteiger charge is -2.15. The molecular weight excluding hydrogens is 302 g/mol. The van der Waals surface area contributed by atoms with Gasteiger partial charge >= 0.3 is 0 Å². The van der Waals surface area contributed by atoms with Gasteiger partial charge in [0.15, 0.2) is 0 Å². The molecule has 0 amide bonds. The van der Waals surface area contributed by atoms with Crippen LogP contribution in [0.25, 0.3) is 0 Å². The highest BCUT2D eigenvalue weighted by Gasteiger charge is 2.03. The number of oxime groups is 1. The summed E-state index contributed by atoms with van der Waals surface area (Å²) in [6.07, 6.45) is 2.67. The predicted octanol–water partition coefficient (Wildman–Crippen LogP) is 2.86. The van der Waals surface area contributed by atoms with Gasteiger partial charge in [-0.15, -0.1) is 11.3 Å². The average molecular weight is 320 g/mol. The van der Waals surface area contributed by atoms with E-state index in [1.165, 1.54) is 4.88 Å². The maximum Gasteiger partial charge on any atom is 0.139 e. The molecule has 6 heteroatoms. The van der Waals surface area contributed by atoms with Crippen LogP contribution in [-0.2, 0) is 6.54 Å². The summed E-state index contributed by atoms with van der Waals surface area (Å²) in [4.78, 5) is 3.64. The molecule has 0 aliphatic heterocycles. The zero-order valence-electron chi connectivity index (χ0n) is 9.90. The van der Waals surface area contributed by atoms with Crippen molar-refractivity contribution in [1.82, 2.24) is 4.90 Å². The average Bonchev–Trinajstić information content (AvgIpc) is 2.69. The van der Waals surface area contributed by atoms with E-state index in [1.807, 2.05) is 0 Å². The fourth-order valence-electron chi connectivity index (χ4n) is 1.52. The predicted molar refractivity (Wildman–Crippen MR) is 75.6 cm³/mol. The number of nitrogens with two attached hydrogens (primary N) is 1. The first-order chi connectivity index (χ1) is 8.11. The lowest BCUT2D eigenvalue weighted by Crippen LogP contribution is -2.19. The Labute approximate surface area is 114 Å². The second-order valence-electron chi connectivity index (χ2n) is 4.02. The highest BCUT2D eigenvalue weighted by molar-refractivity contribution is 9.10. The number of hydrogen-bond donors (Lipinski definition) is 2. The number of rotatable bonds is 7. The maximum atomic E-state index is 8.39. The van der Waals surface area contributed by atoms with E-state index in [4.69, 9.17) is 10.9 Å². The molecule has 4 nitrogen and oxygen atoms in total. The van der Waals surface area contributed by atoms with Crippen molar-refractivity contribution in [2.75, 3.05) is 13.6 Å². The Kier molecular flexibility index (Phi) is 6.54. The first-order valence-corrected chi connectivity index (χ1v) is 7.17. The van der Waals surface area contributed by atoms with Crippen molar-refractivity contribution in [3.63, 3.8) is 0 Å². The van der Waals surface area contributed by atoms with Gasteiger partial charge in [-0.2, -0.15) is 0 Å². The largest absolute Gasteiger partial charge is 0.409 e. The van der Waals surface area contributed by atoms with Crippen LogP contribution in [-0.4, -0.2) is 29.5 Å². The quantitative estimate of drug-likeness (QED) is 0.267. The second kappa shape index (κ2) is 7.68. The van der Waals surface area contributed by atoms with Crippen molar-refractivity contribution < 1.29 is 5.21 Å². The van der Waals surface area contributed by atoms with Crippen molar-refractivity contribution in [3.8, 4) is 0 Å². The molecule has 1 rings (SSSR count). The number of unbranched alkanes of at least 4 members (excludes halogenated alkanes) is 1. The van der Waals surface area contributed by atoms with E-state index in [2.05, 4.69) is 44.5 Å². The van der Waals surface area contributed by atoms with Gasteiger partial charge in [0.05, 0.1) is 0 Å². The standard InChI is InChI=1S/C11H18BrN3OS/c1-15(5-3-2-4-11(13)14-16)7-10-6-9(12)8-17-10/h6,8,16H,2-5,7H2,1H3,(H2,13,14). The van der Waals surface area contributed by atoms with Crippen LogP contribution in [0, 0.1) is 0 Å². The molecule has 1 aromatic rings. The molecule has 1 aromatic heterocycles. The Morgan fingerprint density at radius 1 is 1.59 bits per heavy atom. The Hall–Kier alpha value is -0.590. The van der Waals surface area contributed by atoms with Gasteiger partial charge in [0.1, 0.15) is 5.84 Å². The highest BCUT2D eigenvalue weighted by atomic mass is 79.9. The van der Waals surface area contributed by atoms with Gasteiger partial charge in [0, 0.05) is 27.7 Å². The minimum absolute atomic E-state index is 0.315. The molecule has 0 aliphatic carbocycles. The van der Waals surface area contributed by atoms with Crippen LogP contribution in [0.1, 0.15) is 24.1 Å². The van der Waals surface area contributed by atoms with E-state index >= 15 is 0 Å². The summed E-state index contributed by atoms with van der Waals surface area (Å²) >= 11 is 5.22. The van der Waals surface area contributed by atoms with Crippen LogP contribution in [0.2, 0.25) is 0 Å². The van der Waals surface area contributed by atoms with Gasteiger partial charge in [-0.3, -0.25) is 0 Å². The van der Waals surface area contributed by atoms with Crippen molar-refractivity contribution >= 4 is 33.1 Å². The summed E-state index contributed by atoms with van der Waals surface area (Å²) in [5.41, 5.74) is 5.40. The molecule has 0 aromatic carbocycles. The van der Waals surface area contributed by atoms with Crippen molar-refractivity contribution in [3.05, 3.63) is 20.8 Å². The zero-order valence-corrected chi connectivity index (χ0v) is 12.3. The molecule has 1 heterocycles. The van der Waals surface area contributed by atoms with Crippen LogP contribution in [0.3, 0.4) is 0 Å². The zero-order chi connectivity index (χ0) is 12.7. The van der Waals surface area contributed by atoms with E-state index in [0.29, 0.717) is 12.3 Å². The number of amidine groups is 1. The van der Waals surface area contributed by atoms with E-state index in [-0.39, 0.29) is 0 Å². The van der Waals surface area contributed by atoms with Gasteiger partial charge in [0.2, 0.25) is 0 Å². The third kappa shape index (κ3) is 6.05. The molecule has 0 atom stereocenters. The van der Waals surface area contributed by atoms with Gasteiger partial charge in [-0.25, -0.2) is 0 Å². The van der Waals surface area contributed by atoms with Gasteiger partial charge in [0.25, 0.3) is 0 Å². The van der Waals surface area contributed by atoms with Crippen molar-refractivity contribution in [2.24, 2.45) is 10.9 Å². The highest BCUT2D eigenvalue weighted by Crippen LogP contribution is 2.20. The van der Waals surface area contributed by atoms with Gasteiger partial charge in [-0.05, 0) is 48.4 Å². The first kappa shape index (κ1) is 14.5. The van der Waals surface area contributed by atoms with Crippen LogP contribution in [0.5, 0.6) is 0 Å². The summed E-state index contributed by atoms with van der Waals surface area (Å²) in [7, 11) is 2.11. The first-order valence-electron chi connectivity index (χ1n) is 5.49. The molecule has 0 bridgehead atoms. The lowest BCUT2D eigenvalue weighted by molar-refractivity contribution is 0.313. The second-order valence-corrected chi connectivity index (χ2v) is 5.93. The molecule has 0 saturated heterocycles. The third-order valence-corrected chi connectivity index (χ3v) is 4.08. The van der Waals surface area contributed by atoms with Crippen LogP contribution in [0.4, 0.5) is 0 Å². The summed E-state index contributed by atoms with van der Waals surface area (Å²) in [5.74, 6) is 0.315. The van der Waals surface area contributed by atoms with E-state index in [0.717, 1.165) is 30.4 Å². The summed E-state index contributed by atoms with van der Waals surface area (Å²) < 4.78 is 1.15. The molecule has 0 aliphatic rings. The normalized spacial score (nSPS) is 12.3. The number of nitrogens with zero attached hydrogens (tertiary/aromatic N) is 2.